The Balaban J connectivity index is 2.39. The van der Waals surface area contributed by atoms with E-state index in [4.69, 9.17) is 23.7 Å². The lowest BCUT2D eigenvalue weighted by Gasteiger charge is -2.13. The van der Waals surface area contributed by atoms with Crippen molar-refractivity contribution in [1.29, 1.82) is 0 Å². The van der Waals surface area contributed by atoms with Gasteiger partial charge in [-0.05, 0) is 23.8 Å². The molecule has 0 aliphatic carbocycles. The van der Waals surface area contributed by atoms with Gasteiger partial charge in [0.25, 0.3) is 0 Å². The predicted molar refractivity (Wildman–Crippen MR) is 99.0 cm³/mol. The Labute approximate surface area is 152 Å². The third kappa shape index (κ3) is 4.27. The van der Waals surface area contributed by atoms with Crippen molar-refractivity contribution in [2.24, 2.45) is 0 Å². The lowest BCUT2D eigenvalue weighted by Crippen LogP contribution is -2.03. The first kappa shape index (κ1) is 19.2. The summed E-state index contributed by atoms with van der Waals surface area (Å²) in [5.41, 5.74) is 1.09. The van der Waals surface area contributed by atoms with Gasteiger partial charge in [-0.15, -0.1) is 0 Å². The molecule has 2 rings (SSSR count). The molecule has 0 aliphatic heterocycles. The molecule has 0 radical (unpaired) electrons. The van der Waals surface area contributed by atoms with Gasteiger partial charge < -0.3 is 23.7 Å². The Morgan fingerprint density at radius 3 is 1.58 bits per heavy atom. The number of ketones is 1. The summed E-state index contributed by atoms with van der Waals surface area (Å²) in [6, 6.07) is 8.63. The fourth-order valence-corrected chi connectivity index (χ4v) is 2.43. The summed E-state index contributed by atoms with van der Waals surface area (Å²) < 4.78 is 26.3. The molecule has 0 heterocycles. The van der Waals surface area contributed by atoms with Crippen LogP contribution in [0, 0.1) is 0 Å². The van der Waals surface area contributed by atoms with Gasteiger partial charge in [0, 0.05) is 18.2 Å². The van der Waals surface area contributed by atoms with E-state index >= 15 is 0 Å². The van der Waals surface area contributed by atoms with Crippen LogP contribution in [0.2, 0.25) is 0 Å². The predicted octanol–water partition coefficient (Wildman–Crippen LogP) is 3.63. The molecule has 0 saturated carbocycles. The van der Waals surface area contributed by atoms with Crippen molar-refractivity contribution in [2.75, 3.05) is 35.5 Å². The number of ether oxygens (including phenoxy) is 5. The molecule has 0 amide bonds. The van der Waals surface area contributed by atoms with Gasteiger partial charge in [0.1, 0.15) is 34.3 Å². The summed E-state index contributed by atoms with van der Waals surface area (Å²) in [4.78, 5) is 12.7. The number of carbonyl (C=O) groups excluding carboxylic acids is 1. The fraction of sp³-hybridized carbons (Fsp3) is 0.250. The van der Waals surface area contributed by atoms with Gasteiger partial charge >= 0.3 is 0 Å². The molecule has 0 saturated heterocycles. The molecular formula is C20H22O6. The van der Waals surface area contributed by atoms with Crippen LogP contribution in [0.5, 0.6) is 28.7 Å². The van der Waals surface area contributed by atoms with Crippen LogP contribution in [0.3, 0.4) is 0 Å². The minimum Gasteiger partial charge on any atom is -0.497 e. The second-order valence-corrected chi connectivity index (χ2v) is 5.25. The summed E-state index contributed by atoms with van der Waals surface area (Å²) in [7, 11) is 7.65. The highest BCUT2D eigenvalue weighted by Crippen LogP contribution is 2.34. The first-order chi connectivity index (χ1) is 12.6. The summed E-state index contributed by atoms with van der Waals surface area (Å²) in [6.45, 7) is 0. The van der Waals surface area contributed by atoms with Crippen LogP contribution in [0.25, 0.3) is 6.08 Å². The minimum atomic E-state index is -0.261. The first-order valence-electron chi connectivity index (χ1n) is 7.81. The SMILES string of the molecule is COc1cc(/C=C/C(=O)c2c(OC)cc(OC)cc2OC)cc(OC)c1. The standard InChI is InChI=1S/C20H22O6/c1-22-14-8-13(9-15(10-14)23-2)6-7-17(21)20-18(25-4)11-16(24-3)12-19(20)26-5/h6-12H,1-5H3/b7-6+. The molecule has 2 aromatic rings. The molecule has 138 valence electrons. The van der Waals surface area contributed by atoms with E-state index in [1.807, 2.05) is 0 Å². The number of rotatable bonds is 8. The lowest BCUT2D eigenvalue weighted by molar-refractivity contribution is 0.104. The van der Waals surface area contributed by atoms with Gasteiger partial charge in [-0.3, -0.25) is 4.79 Å². The van der Waals surface area contributed by atoms with Crippen LogP contribution in [-0.2, 0) is 0 Å². The molecule has 0 aliphatic rings. The Kier molecular flexibility index (Phi) is 6.49. The van der Waals surface area contributed by atoms with Crippen molar-refractivity contribution in [2.45, 2.75) is 0 Å². The Morgan fingerprint density at radius 1 is 0.692 bits per heavy atom. The van der Waals surface area contributed by atoms with Crippen molar-refractivity contribution in [1.82, 2.24) is 0 Å². The van der Waals surface area contributed by atoms with Gasteiger partial charge in [0.05, 0.1) is 35.5 Å². The van der Waals surface area contributed by atoms with Crippen LogP contribution in [-0.4, -0.2) is 41.3 Å². The topological polar surface area (TPSA) is 63.2 Å². The second-order valence-electron chi connectivity index (χ2n) is 5.25. The summed E-state index contributed by atoms with van der Waals surface area (Å²) in [5.74, 6) is 2.30. The monoisotopic (exact) mass is 358 g/mol. The zero-order valence-corrected chi connectivity index (χ0v) is 15.5. The third-order valence-electron chi connectivity index (χ3n) is 3.76. The van der Waals surface area contributed by atoms with Crippen molar-refractivity contribution in [3.8, 4) is 28.7 Å². The lowest BCUT2D eigenvalue weighted by atomic mass is 10.1. The maximum Gasteiger partial charge on any atom is 0.193 e. The molecular weight excluding hydrogens is 336 g/mol. The number of methoxy groups -OCH3 is 5. The number of allylic oxidation sites excluding steroid dienone is 1. The van der Waals surface area contributed by atoms with E-state index in [1.165, 1.54) is 27.4 Å². The highest BCUT2D eigenvalue weighted by atomic mass is 16.5. The van der Waals surface area contributed by atoms with E-state index in [1.54, 1.807) is 50.6 Å². The number of hydrogen-bond acceptors (Lipinski definition) is 6. The molecule has 0 atom stereocenters. The van der Waals surface area contributed by atoms with Crippen molar-refractivity contribution in [3.63, 3.8) is 0 Å². The summed E-state index contributed by atoms with van der Waals surface area (Å²) >= 11 is 0. The number of hydrogen-bond donors (Lipinski definition) is 0. The zero-order chi connectivity index (χ0) is 19.1. The molecule has 26 heavy (non-hydrogen) atoms. The highest BCUT2D eigenvalue weighted by molar-refractivity contribution is 6.10. The second kappa shape index (κ2) is 8.80. The quantitative estimate of drug-likeness (QED) is 0.530. The molecule has 0 aromatic heterocycles. The maximum atomic E-state index is 12.7. The van der Waals surface area contributed by atoms with Gasteiger partial charge in [-0.25, -0.2) is 0 Å². The van der Waals surface area contributed by atoms with E-state index in [2.05, 4.69) is 0 Å². The van der Waals surface area contributed by atoms with Gasteiger partial charge in [0.15, 0.2) is 5.78 Å². The molecule has 0 spiro atoms. The van der Waals surface area contributed by atoms with Crippen molar-refractivity contribution in [3.05, 3.63) is 47.5 Å². The summed E-state index contributed by atoms with van der Waals surface area (Å²) in [6.07, 6.45) is 3.12. The molecule has 6 nitrogen and oxygen atoms in total. The molecule has 0 bridgehead atoms. The maximum absolute atomic E-state index is 12.7. The van der Waals surface area contributed by atoms with E-state index in [-0.39, 0.29) is 5.78 Å². The normalized spacial score (nSPS) is 10.5. The van der Waals surface area contributed by atoms with Crippen LogP contribution in [0.15, 0.2) is 36.4 Å². The van der Waals surface area contributed by atoms with Gasteiger partial charge in [-0.1, -0.05) is 6.08 Å². The minimum absolute atomic E-state index is 0.261. The molecule has 2 aromatic carbocycles. The van der Waals surface area contributed by atoms with Crippen LogP contribution in [0.1, 0.15) is 15.9 Å². The molecule has 0 unspecified atom stereocenters. The zero-order valence-electron chi connectivity index (χ0n) is 15.5. The largest absolute Gasteiger partial charge is 0.497 e. The highest BCUT2D eigenvalue weighted by Gasteiger charge is 2.18. The number of carbonyl (C=O) groups is 1. The molecule has 6 heteroatoms. The first-order valence-corrected chi connectivity index (χ1v) is 7.81. The Hall–Kier alpha value is -3.15. The average Bonchev–Trinajstić information content (AvgIpc) is 2.70. The van der Waals surface area contributed by atoms with E-state index < -0.39 is 0 Å². The smallest absolute Gasteiger partial charge is 0.193 e. The van der Waals surface area contributed by atoms with Crippen molar-refractivity contribution < 1.29 is 28.5 Å². The van der Waals surface area contributed by atoms with Gasteiger partial charge in [-0.2, -0.15) is 0 Å². The van der Waals surface area contributed by atoms with Crippen LogP contribution in [0.4, 0.5) is 0 Å². The van der Waals surface area contributed by atoms with Crippen LogP contribution < -0.4 is 23.7 Å². The molecule has 0 fully saturated rings. The molecule has 0 N–H and O–H groups in total. The van der Waals surface area contributed by atoms with Crippen LogP contribution >= 0.6 is 0 Å². The van der Waals surface area contributed by atoms with E-state index in [0.29, 0.717) is 34.3 Å². The summed E-state index contributed by atoms with van der Waals surface area (Å²) in [5, 5.41) is 0. The van der Waals surface area contributed by atoms with Gasteiger partial charge in [0.2, 0.25) is 0 Å². The Bertz CT molecular complexity index is 763. The average molecular weight is 358 g/mol. The van der Waals surface area contributed by atoms with Crippen molar-refractivity contribution >= 4 is 11.9 Å². The number of benzene rings is 2. The Morgan fingerprint density at radius 2 is 1.15 bits per heavy atom. The third-order valence-corrected chi connectivity index (χ3v) is 3.76. The fourth-order valence-electron chi connectivity index (χ4n) is 2.43. The van der Waals surface area contributed by atoms with E-state index in [0.717, 1.165) is 5.56 Å². The van der Waals surface area contributed by atoms with E-state index in [9.17, 15) is 4.79 Å².